The fourth-order valence-corrected chi connectivity index (χ4v) is 6.66. The molecule has 0 radical (unpaired) electrons. The molecule has 1 unspecified atom stereocenters. The fourth-order valence-electron chi connectivity index (χ4n) is 6.66. The number of nitrogens with zero attached hydrogens (tertiary/aromatic N) is 2. The van der Waals surface area contributed by atoms with Gasteiger partial charge in [-0.05, 0) is 114 Å². The van der Waals surface area contributed by atoms with Crippen molar-refractivity contribution in [3.05, 3.63) is 76.4 Å². The molecular formula is C37H47FN2O4. The molecule has 0 amide bonds. The second-order valence-electron chi connectivity index (χ2n) is 14.7. The molecule has 7 heteroatoms. The minimum atomic E-state index is -1.15. The van der Waals surface area contributed by atoms with Crippen molar-refractivity contribution in [2.45, 2.75) is 105 Å². The number of hydrogen-bond donors (Lipinski definition) is 1. The monoisotopic (exact) mass is 602 g/mol. The van der Waals surface area contributed by atoms with E-state index in [4.69, 9.17) is 14.5 Å². The summed E-state index contributed by atoms with van der Waals surface area (Å²) in [4.78, 5) is 20.1. The van der Waals surface area contributed by atoms with Crippen molar-refractivity contribution in [3.8, 4) is 16.9 Å². The summed E-state index contributed by atoms with van der Waals surface area (Å²) >= 11 is 0. The molecule has 1 N–H and O–H groups in total. The largest absolute Gasteiger partial charge is 0.487 e. The van der Waals surface area contributed by atoms with Crippen LogP contribution in [0.4, 0.5) is 10.1 Å². The van der Waals surface area contributed by atoms with Gasteiger partial charge in [-0.1, -0.05) is 32.0 Å². The molecule has 0 bridgehead atoms. The number of piperidine rings is 1. The first kappa shape index (κ1) is 32.0. The van der Waals surface area contributed by atoms with Crippen LogP contribution in [0.3, 0.4) is 0 Å². The number of halogens is 1. The highest BCUT2D eigenvalue weighted by Gasteiger charge is 2.37. The number of ether oxygens (including phenoxy) is 2. The van der Waals surface area contributed by atoms with Crippen molar-refractivity contribution in [3.63, 3.8) is 0 Å². The molecular weight excluding hydrogens is 555 g/mol. The maximum Gasteiger partial charge on any atom is 0.337 e. The predicted molar refractivity (Wildman–Crippen MR) is 173 cm³/mol. The summed E-state index contributed by atoms with van der Waals surface area (Å²) < 4.78 is 26.3. The average molecular weight is 603 g/mol. The van der Waals surface area contributed by atoms with Crippen LogP contribution in [0.1, 0.15) is 95.0 Å². The van der Waals surface area contributed by atoms with E-state index >= 15 is 0 Å². The number of fused-ring (bicyclic) bond motifs is 1. The first-order valence-corrected chi connectivity index (χ1v) is 15.8. The summed E-state index contributed by atoms with van der Waals surface area (Å²) in [6.07, 6.45) is 3.22. The lowest BCUT2D eigenvalue weighted by Crippen LogP contribution is -2.39. The van der Waals surface area contributed by atoms with Gasteiger partial charge in [0.2, 0.25) is 0 Å². The summed E-state index contributed by atoms with van der Waals surface area (Å²) in [6.45, 7) is 17.9. The SMILES string of the molecule is Cc1nc(C)c(C(OC(C)(C)C)C(=O)O)c(N2CCC(C)(C)CC2)c1-c1ccc2c(c1)CC[C@](C)(Cc1ccc(F)cc1)O2. The van der Waals surface area contributed by atoms with Gasteiger partial charge in [0.15, 0.2) is 6.10 Å². The molecule has 2 aromatic carbocycles. The molecule has 5 rings (SSSR count). The summed E-state index contributed by atoms with van der Waals surface area (Å²) in [5.41, 5.74) is 6.38. The second kappa shape index (κ2) is 11.8. The Morgan fingerprint density at radius 2 is 1.70 bits per heavy atom. The van der Waals surface area contributed by atoms with Gasteiger partial charge in [0.05, 0.1) is 11.3 Å². The lowest BCUT2D eigenvalue weighted by Gasteiger charge is -2.41. The summed E-state index contributed by atoms with van der Waals surface area (Å²) in [7, 11) is 0. The number of carboxylic acid groups (broad SMARTS) is 1. The molecule has 0 saturated carbocycles. The Labute approximate surface area is 261 Å². The molecule has 6 nitrogen and oxygen atoms in total. The van der Waals surface area contributed by atoms with Gasteiger partial charge in [0.25, 0.3) is 0 Å². The summed E-state index contributed by atoms with van der Waals surface area (Å²) in [6, 6.07) is 12.9. The minimum Gasteiger partial charge on any atom is -0.487 e. The molecule has 2 atom stereocenters. The lowest BCUT2D eigenvalue weighted by atomic mass is 9.81. The predicted octanol–water partition coefficient (Wildman–Crippen LogP) is 8.40. The Balaban J connectivity index is 1.58. The zero-order chi connectivity index (χ0) is 32.0. The maximum absolute atomic E-state index is 13.5. The van der Waals surface area contributed by atoms with Crippen LogP contribution in [0.2, 0.25) is 0 Å². The van der Waals surface area contributed by atoms with Crippen LogP contribution in [0.15, 0.2) is 42.5 Å². The van der Waals surface area contributed by atoms with E-state index in [1.165, 1.54) is 12.1 Å². The highest BCUT2D eigenvalue weighted by Crippen LogP contribution is 2.46. The molecule has 1 aromatic heterocycles. The van der Waals surface area contributed by atoms with Crippen molar-refractivity contribution in [2.24, 2.45) is 5.41 Å². The van der Waals surface area contributed by atoms with E-state index in [0.29, 0.717) is 17.7 Å². The average Bonchev–Trinajstić information content (AvgIpc) is 2.92. The normalized spacial score (nSPS) is 20.5. The van der Waals surface area contributed by atoms with E-state index in [1.54, 1.807) is 0 Å². The zero-order valence-corrected chi connectivity index (χ0v) is 27.5. The summed E-state index contributed by atoms with van der Waals surface area (Å²) in [5, 5.41) is 10.5. The smallest absolute Gasteiger partial charge is 0.337 e. The van der Waals surface area contributed by atoms with Crippen molar-refractivity contribution >= 4 is 11.7 Å². The van der Waals surface area contributed by atoms with Crippen LogP contribution in [0.25, 0.3) is 11.1 Å². The van der Waals surface area contributed by atoms with Gasteiger partial charge in [0.1, 0.15) is 17.2 Å². The molecule has 3 aromatic rings. The number of aromatic nitrogens is 1. The first-order chi connectivity index (χ1) is 20.5. The molecule has 1 fully saturated rings. The van der Waals surface area contributed by atoms with Gasteiger partial charge in [-0.2, -0.15) is 0 Å². The van der Waals surface area contributed by atoms with E-state index in [2.05, 4.69) is 37.8 Å². The number of aliphatic carboxylic acids is 1. The van der Waals surface area contributed by atoms with Crippen LogP contribution in [-0.4, -0.2) is 40.4 Å². The van der Waals surface area contributed by atoms with Crippen LogP contribution >= 0.6 is 0 Å². The van der Waals surface area contributed by atoms with E-state index in [0.717, 1.165) is 78.2 Å². The van der Waals surface area contributed by atoms with Crippen LogP contribution in [-0.2, 0) is 22.4 Å². The van der Waals surface area contributed by atoms with Crippen LogP contribution < -0.4 is 9.64 Å². The number of rotatable bonds is 7. The van der Waals surface area contributed by atoms with Gasteiger partial charge >= 0.3 is 5.97 Å². The third-order valence-electron chi connectivity index (χ3n) is 9.09. The van der Waals surface area contributed by atoms with Gasteiger partial charge in [0, 0.05) is 42.0 Å². The topological polar surface area (TPSA) is 71.9 Å². The highest BCUT2D eigenvalue weighted by atomic mass is 19.1. The second-order valence-corrected chi connectivity index (χ2v) is 14.7. The molecule has 2 aliphatic heterocycles. The third kappa shape index (κ3) is 6.93. The summed E-state index contributed by atoms with van der Waals surface area (Å²) in [5.74, 6) is -0.404. The molecule has 3 heterocycles. The molecule has 0 spiro atoms. The van der Waals surface area contributed by atoms with Crippen molar-refractivity contribution in [1.29, 1.82) is 0 Å². The Hall–Kier alpha value is -3.45. The maximum atomic E-state index is 13.5. The van der Waals surface area contributed by atoms with Crippen molar-refractivity contribution in [1.82, 2.24) is 4.98 Å². The fraction of sp³-hybridized carbons (Fsp3) is 0.514. The van der Waals surface area contributed by atoms with E-state index in [9.17, 15) is 14.3 Å². The molecule has 2 aliphatic rings. The Bertz CT molecular complexity index is 1530. The number of hydrogen-bond acceptors (Lipinski definition) is 5. The number of aryl methyl sites for hydroxylation is 3. The van der Waals surface area contributed by atoms with E-state index < -0.39 is 23.3 Å². The quantitative estimate of drug-likeness (QED) is 0.293. The molecule has 1 saturated heterocycles. The van der Waals surface area contributed by atoms with Gasteiger partial charge in [-0.15, -0.1) is 0 Å². The Kier molecular flexibility index (Phi) is 8.58. The first-order valence-electron chi connectivity index (χ1n) is 15.8. The molecule has 236 valence electrons. The van der Waals surface area contributed by atoms with Gasteiger partial charge in [-0.25, -0.2) is 9.18 Å². The minimum absolute atomic E-state index is 0.228. The standard InChI is InChI=1S/C37H47FN2O4/c1-23-30(27-11-14-29-26(21-27)15-16-37(8,43-29)22-25-9-12-28(38)13-10-25)32(40-19-17-36(6,7)18-20-40)31(24(2)39-23)33(34(41)42)44-35(3,4)5/h9-14,21,33H,15-20,22H2,1-8H3,(H,41,42)/t33?,37-/m1/s1. The van der Waals surface area contributed by atoms with Crippen molar-refractivity contribution in [2.75, 3.05) is 18.0 Å². The van der Waals surface area contributed by atoms with Gasteiger partial charge < -0.3 is 19.5 Å². The van der Waals surface area contributed by atoms with Crippen LogP contribution in [0.5, 0.6) is 5.75 Å². The number of benzene rings is 2. The van der Waals surface area contributed by atoms with Crippen molar-refractivity contribution < 1.29 is 23.8 Å². The number of carboxylic acids is 1. The molecule has 44 heavy (non-hydrogen) atoms. The number of pyridine rings is 1. The lowest BCUT2D eigenvalue weighted by molar-refractivity contribution is -0.160. The zero-order valence-electron chi connectivity index (χ0n) is 27.5. The van der Waals surface area contributed by atoms with Crippen LogP contribution in [0, 0.1) is 25.1 Å². The Morgan fingerprint density at radius 3 is 2.32 bits per heavy atom. The third-order valence-corrected chi connectivity index (χ3v) is 9.09. The van der Waals surface area contributed by atoms with E-state index in [-0.39, 0.29) is 11.2 Å². The Morgan fingerprint density at radius 1 is 1.05 bits per heavy atom. The molecule has 0 aliphatic carbocycles. The highest BCUT2D eigenvalue weighted by molar-refractivity contribution is 5.88. The van der Waals surface area contributed by atoms with Gasteiger partial charge in [-0.3, -0.25) is 4.98 Å². The number of carbonyl (C=O) groups is 1. The number of anilines is 1. The van der Waals surface area contributed by atoms with E-state index in [1.807, 2.05) is 52.8 Å².